The van der Waals surface area contributed by atoms with Crippen molar-refractivity contribution in [1.29, 1.82) is 0 Å². The van der Waals surface area contributed by atoms with E-state index in [1.165, 1.54) is 23.5 Å². The predicted octanol–water partition coefficient (Wildman–Crippen LogP) is 6.24. The van der Waals surface area contributed by atoms with E-state index in [2.05, 4.69) is 10.3 Å². The van der Waals surface area contributed by atoms with E-state index >= 15 is 0 Å². The van der Waals surface area contributed by atoms with Gasteiger partial charge in [0, 0.05) is 23.2 Å². The number of nitrogens with zero attached hydrogens (tertiary/aromatic N) is 1. The van der Waals surface area contributed by atoms with Gasteiger partial charge in [-0.25, -0.2) is 4.98 Å². The van der Waals surface area contributed by atoms with Gasteiger partial charge in [-0.1, -0.05) is 13.8 Å². The maximum absolute atomic E-state index is 12.8. The molecule has 1 heterocycles. The minimum atomic E-state index is -4.03. The van der Waals surface area contributed by atoms with Crippen molar-refractivity contribution in [2.45, 2.75) is 53.2 Å². The standard InChI is InChI=1S/C25H31N2O6PS/c1-16(2)25(5,6)33-34(29,30)22-9-7-19(8-10-22)32-21-14-18(13-20(15-21)31-17(3)4)23(28)27-24-26-11-12-35-24/h7-17H,1-6H3,(H,29,30)(H,26,27,28). The van der Waals surface area contributed by atoms with Crippen LogP contribution < -0.4 is 20.1 Å². The summed E-state index contributed by atoms with van der Waals surface area (Å²) in [4.78, 5) is 27.3. The maximum atomic E-state index is 12.8. The smallest absolute Gasteiger partial charge is 0.359 e. The fourth-order valence-corrected chi connectivity index (χ4v) is 4.88. The lowest BCUT2D eigenvalue weighted by Crippen LogP contribution is -2.31. The van der Waals surface area contributed by atoms with Crippen molar-refractivity contribution in [2.75, 3.05) is 5.32 Å². The van der Waals surface area contributed by atoms with E-state index in [1.54, 1.807) is 55.8 Å². The van der Waals surface area contributed by atoms with E-state index in [0.717, 1.165) is 0 Å². The molecular formula is C25H31N2O6PS. The van der Waals surface area contributed by atoms with E-state index in [0.29, 0.717) is 27.9 Å². The minimum absolute atomic E-state index is 0.0490. The molecule has 1 amide bonds. The Kier molecular flexibility index (Phi) is 8.38. The van der Waals surface area contributed by atoms with Gasteiger partial charge >= 0.3 is 7.60 Å². The van der Waals surface area contributed by atoms with Gasteiger partial charge in [-0.2, -0.15) is 0 Å². The van der Waals surface area contributed by atoms with Crippen LogP contribution in [0.2, 0.25) is 0 Å². The molecule has 35 heavy (non-hydrogen) atoms. The summed E-state index contributed by atoms with van der Waals surface area (Å²) in [5.41, 5.74) is -0.430. The molecule has 188 valence electrons. The van der Waals surface area contributed by atoms with Crippen molar-refractivity contribution in [3.8, 4) is 17.2 Å². The molecule has 2 aromatic carbocycles. The molecular weight excluding hydrogens is 487 g/mol. The lowest BCUT2D eigenvalue weighted by molar-refractivity contribution is 0.0511. The highest BCUT2D eigenvalue weighted by atomic mass is 32.1. The zero-order valence-corrected chi connectivity index (χ0v) is 22.4. The number of ether oxygens (including phenoxy) is 2. The first-order valence-electron chi connectivity index (χ1n) is 11.2. The molecule has 0 radical (unpaired) electrons. The summed E-state index contributed by atoms with van der Waals surface area (Å²) in [5.74, 6) is 0.977. The van der Waals surface area contributed by atoms with Gasteiger partial charge in [-0.15, -0.1) is 11.3 Å². The number of carbonyl (C=O) groups excluding carboxylic acids is 1. The fraction of sp³-hybridized carbons (Fsp3) is 0.360. The van der Waals surface area contributed by atoms with Crippen LogP contribution in [0.25, 0.3) is 0 Å². The van der Waals surface area contributed by atoms with Crippen molar-refractivity contribution >= 4 is 35.3 Å². The fourth-order valence-electron chi connectivity index (χ4n) is 2.87. The minimum Gasteiger partial charge on any atom is -0.491 e. The lowest BCUT2D eigenvalue weighted by Gasteiger charge is -2.31. The molecule has 8 nitrogen and oxygen atoms in total. The van der Waals surface area contributed by atoms with Gasteiger partial charge in [0.05, 0.1) is 17.0 Å². The summed E-state index contributed by atoms with van der Waals surface area (Å²) in [6, 6.07) is 11.1. The van der Waals surface area contributed by atoms with E-state index in [4.69, 9.17) is 14.0 Å². The zero-order valence-electron chi connectivity index (χ0n) is 20.6. The number of anilines is 1. The monoisotopic (exact) mass is 518 g/mol. The molecule has 3 rings (SSSR count). The third kappa shape index (κ3) is 7.39. The van der Waals surface area contributed by atoms with Crippen molar-refractivity contribution < 1.29 is 28.3 Å². The number of aromatic nitrogens is 1. The van der Waals surface area contributed by atoms with Gasteiger partial charge in [0.25, 0.3) is 5.91 Å². The van der Waals surface area contributed by atoms with E-state index < -0.39 is 13.2 Å². The molecule has 0 fully saturated rings. The highest BCUT2D eigenvalue weighted by Crippen LogP contribution is 2.47. The number of rotatable bonds is 10. The molecule has 0 aliphatic heterocycles. The quantitative estimate of drug-likeness (QED) is 0.306. The first kappa shape index (κ1) is 26.9. The molecule has 10 heteroatoms. The Hall–Kier alpha value is -2.71. The summed E-state index contributed by atoms with van der Waals surface area (Å²) < 4.78 is 30.1. The summed E-state index contributed by atoms with van der Waals surface area (Å²) >= 11 is 1.32. The largest absolute Gasteiger partial charge is 0.491 e. The van der Waals surface area contributed by atoms with E-state index in [1.807, 2.05) is 27.7 Å². The second-order valence-corrected chi connectivity index (χ2v) is 11.8. The molecule has 0 spiro atoms. The maximum Gasteiger partial charge on any atom is 0.359 e. The first-order chi connectivity index (χ1) is 16.4. The molecule has 1 atom stereocenters. The van der Waals surface area contributed by atoms with Crippen molar-refractivity contribution in [2.24, 2.45) is 5.92 Å². The number of thiazole rings is 1. The van der Waals surface area contributed by atoms with E-state index in [9.17, 15) is 14.3 Å². The van der Waals surface area contributed by atoms with Crippen molar-refractivity contribution in [3.05, 3.63) is 59.6 Å². The molecule has 2 N–H and O–H groups in total. The molecule has 1 aromatic heterocycles. The van der Waals surface area contributed by atoms with Crippen molar-refractivity contribution in [1.82, 2.24) is 4.98 Å². The normalized spacial score (nSPS) is 13.5. The van der Waals surface area contributed by atoms with Crippen LogP contribution in [-0.2, 0) is 9.09 Å². The van der Waals surface area contributed by atoms with Crippen LogP contribution in [0.3, 0.4) is 0 Å². The Morgan fingerprint density at radius 1 is 1.06 bits per heavy atom. The van der Waals surface area contributed by atoms with Gasteiger partial charge in [-0.05, 0) is 70.0 Å². The number of amides is 1. The highest BCUT2D eigenvalue weighted by molar-refractivity contribution is 7.61. The molecule has 1 unspecified atom stereocenters. The number of benzene rings is 2. The summed E-state index contributed by atoms with van der Waals surface area (Å²) in [7, 11) is -4.03. The topological polar surface area (TPSA) is 107 Å². The number of hydrogen-bond acceptors (Lipinski definition) is 7. The zero-order chi connectivity index (χ0) is 25.8. The van der Waals surface area contributed by atoms with Gasteiger partial charge in [0.15, 0.2) is 5.13 Å². The average Bonchev–Trinajstić information content (AvgIpc) is 3.25. The molecule has 0 bridgehead atoms. The van der Waals surface area contributed by atoms with Crippen LogP contribution >= 0.6 is 18.9 Å². The Labute approximate surface area is 209 Å². The molecule has 0 saturated carbocycles. The average molecular weight is 519 g/mol. The Morgan fingerprint density at radius 2 is 1.71 bits per heavy atom. The molecule has 0 saturated heterocycles. The molecule has 0 aliphatic carbocycles. The Morgan fingerprint density at radius 3 is 2.29 bits per heavy atom. The number of nitrogens with one attached hydrogen (secondary N) is 1. The Balaban J connectivity index is 1.82. The van der Waals surface area contributed by atoms with Crippen LogP contribution in [-0.4, -0.2) is 27.5 Å². The second kappa shape index (κ2) is 10.9. The second-order valence-electron chi connectivity index (χ2n) is 9.12. The summed E-state index contributed by atoms with van der Waals surface area (Å²) in [6.45, 7) is 11.2. The third-order valence-electron chi connectivity index (χ3n) is 5.31. The SMILES string of the molecule is CC(C)Oc1cc(Oc2ccc(P(=O)(O)OC(C)(C)C(C)C)cc2)cc(C(=O)Nc2nccs2)c1. The molecule has 3 aromatic rings. The third-order valence-corrected chi connectivity index (χ3v) is 7.67. The molecule has 0 aliphatic rings. The van der Waals surface area contributed by atoms with Crippen LogP contribution in [0, 0.1) is 5.92 Å². The number of carbonyl (C=O) groups is 1. The van der Waals surface area contributed by atoms with Gasteiger partial charge in [-0.3, -0.25) is 19.2 Å². The van der Waals surface area contributed by atoms with Crippen LogP contribution in [0.5, 0.6) is 17.2 Å². The van der Waals surface area contributed by atoms with Crippen molar-refractivity contribution in [3.63, 3.8) is 0 Å². The van der Waals surface area contributed by atoms with Gasteiger partial charge < -0.3 is 14.4 Å². The predicted molar refractivity (Wildman–Crippen MR) is 138 cm³/mol. The highest BCUT2D eigenvalue weighted by Gasteiger charge is 2.34. The number of hydrogen-bond donors (Lipinski definition) is 2. The summed E-state index contributed by atoms with van der Waals surface area (Å²) in [6.07, 6.45) is 1.50. The summed E-state index contributed by atoms with van der Waals surface area (Å²) in [5, 5.41) is 5.17. The lowest BCUT2D eigenvalue weighted by atomic mass is 9.95. The van der Waals surface area contributed by atoms with Gasteiger partial charge in [0.1, 0.15) is 17.2 Å². The van der Waals surface area contributed by atoms with Crippen LogP contribution in [0.4, 0.5) is 5.13 Å². The van der Waals surface area contributed by atoms with Crippen LogP contribution in [0.1, 0.15) is 51.9 Å². The van der Waals surface area contributed by atoms with Crippen LogP contribution in [0.15, 0.2) is 54.0 Å². The van der Waals surface area contributed by atoms with E-state index in [-0.39, 0.29) is 23.2 Å². The Bertz CT molecular complexity index is 1190. The van der Waals surface area contributed by atoms with Gasteiger partial charge in [0.2, 0.25) is 0 Å². The first-order valence-corrected chi connectivity index (χ1v) is 13.7.